The van der Waals surface area contributed by atoms with Gasteiger partial charge in [0.25, 0.3) is 0 Å². The summed E-state index contributed by atoms with van der Waals surface area (Å²) in [6.07, 6.45) is 4.11. The van der Waals surface area contributed by atoms with E-state index in [0.29, 0.717) is 18.5 Å². The second-order valence-corrected chi connectivity index (χ2v) is 6.89. The molecule has 4 nitrogen and oxygen atoms in total. The third-order valence-corrected chi connectivity index (χ3v) is 4.92. The standard InChI is InChI=1S/C16H30N2O2/c1-11-6-5-7-15(14(11)4)17-16(19)10-18-8-12(2)20-13(3)9-18/h11-15H,5-10H2,1-4H3,(H,17,19). The number of carbonyl (C=O) groups excluding carboxylic acids is 1. The summed E-state index contributed by atoms with van der Waals surface area (Å²) < 4.78 is 5.71. The molecular weight excluding hydrogens is 252 g/mol. The molecule has 0 aromatic carbocycles. The van der Waals surface area contributed by atoms with E-state index in [-0.39, 0.29) is 18.1 Å². The topological polar surface area (TPSA) is 41.6 Å². The first-order valence-electron chi connectivity index (χ1n) is 8.13. The van der Waals surface area contributed by atoms with Gasteiger partial charge >= 0.3 is 0 Å². The van der Waals surface area contributed by atoms with E-state index in [0.717, 1.165) is 25.4 Å². The zero-order chi connectivity index (χ0) is 14.7. The Morgan fingerprint density at radius 3 is 2.45 bits per heavy atom. The molecule has 5 atom stereocenters. The number of amides is 1. The zero-order valence-electron chi connectivity index (χ0n) is 13.4. The molecule has 4 heteroatoms. The van der Waals surface area contributed by atoms with Crippen molar-refractivity contribution in [1.29, 1.82) is 0 Å². The molecule has 2 aliphatic rings. The average Bonchev–Trinajstić information content (AvgIpc) is 2.33. The average molecular weight is 282 g/mol. The van der Waals surface area contributed by atoms with Gasteiger partial charge in [0.1, 0.15) is 0 Å². The summed E-state index contributed by atoms with van der Waals surface area (Å²) in [6, 6.07) is 0.363. The van der Waals surface area contributed by atoms with Crippen LogP contribution in [0.5, 0.6) is 0 Å². The molecule has 2 fully saturated rings. The Balaban J connectivity index is 1.80. The predicted octanol–water partition coefficient (Wildman–Crippen LogP) is 2.04. The number of ether oxygens (including phenoxy) is 1. The fourth-order valence-electron chi connectivity index (χ4n) is 3.65. The van der Waals surface area contributed by atoms with Gasteiger partial charge in [-0.3, -0.25) is 9.69 Å². The summed E-state index contributed by atoms with van der Waals surface area (Å²) in [5.74, 6) is 1.49. The van der Waals surface area contributed by atoms with E-state index in [1.54, 1.807) is 0 Å². The van der Waals surface area contributed by atoms with E-state index in [1.807, 2.05) is 0 Å². The van der Waals surface area contributed by atoms with Crippen molar-refractivity contribution < 1.29 is 9.53 Å². The number of nitrogens with zero attached hydrogens (tertiary/aromatic N) is 1. The maximum atomic E-state index is 12.3. The number of nitrogens with one attached hydrogen (secondary N) is 1. The van der Waals surface area contributed by atoms with Crippen molar-refractivity contribution in [2.45, 2.75) is 65.2 Å². The molecule has 0 aromatic rings. The second-order valence-electron chi connectivity index (χ2n) is 6.89. The van der Waals surface area contributed by atoms with Crippen molar-refractivity contribution in [1.82, 2.24) is 10.2 Å². The van der Waals surface area contributed by atoms with E-state index in [4.69, 9.17) is 4.74 Å². The third-order valence-electron chi connectivity index (χ3n) is 4.92. The van der Waals surface area contributed by atoms with Gasteiger partial charge in [-0.2, -0.15) is 0 Å². The normalized spacial score (nSPS) is 39.5. The van der Waals surface area contributed by atoms with E-state index in [9.17, 15) is 4.79 Å². The Labute approximate surface area is 123 Å². The fraction of sp³-hybridized carbons (Fsp3) is 0.938. The van der Waals surface area contributed by atoms with Gasteiger partial charge in [-0.05, 0) is 32.1 Å². The molecular formula is C16H30N2O2. The third kappa shape index (κ3) is 4.19. The molecule has 20 heavy (non-hydrogen) atoms. The maximum Gasteiger partial charge on any atom is 0.234 e. The predicted molar refractivity (Wildman–Crippen MR) is 80.6 cm³/mol. The molecule has 116 valence electrons. The van der Waals surface area contributed by atoms with Gasteiger partial charge in [0.15, 0.2) is 0 Å². The van der Waals surface area contributed by atoms with Gasteiger partial charge < -0.3 is 10.1 Å². The van der Waals surface area contributed by atoms with Gasteiger partial charge in [0, 0.05) is 19.1 Å². The molecule has 0 bridgehead atoms. The summed E-state index contributed by atoms with van der Waals surface area (Å²) in [6.45, 7) is 10.9. The molecule has 1 aliphatic heterocycles. The molecule has 1 amide bonds. The van der Waals surface area contributed by atoms with E-state index >= 15 is 0 Å². The lowest BCUT2D eigenvalue weighted by atomic mass is 9.78. The fourth-order valence-corrected chi connectivity index (χ4v) is 3.65. The largest absolute Gasteiger partial charge is 0.373 e. The van der Waals surface area contributed by atoms with Crippen molar-refractivity contribution in [2.75, 3.05) is 19.6 Å². The zero-order valence-corrected chi connectivity index (χ0v) is 13.4. The minimum absolute atomic E-state index is 0.178. The molecule has 0 aromatic heterocycles. The number of hydrogen-bond donors (Lipinski definition) is 1. The number of rotatable bonds is 3. The highest BCUT2D eigenvalue weighted by molar-refractivity contribution is 5.78. The Bertz CT molecular complexity index is 324. The molecule has 1 saturated heterocycles. The smallest absolute Gasteiger partial charge is 0.234 e. The first-order valence-corrected chi connectivity index (χ1v) is 8.13. The van der Waals surface area contributed by atoms with Crippen LogP contribution in [0.25, 0.3) is 0 Å². The van der Waals surface area contributed by atoms with Gasteiger partial charge in [-0.1, -0.05) is 26.7 Å². The summed E-state index contributed by atoms with van der Waals surface area (Å²) in [7, 11) is 0. The monoisotopic (exact) mass is 282 g/mol. The summed E-state index contributed by atoms with van der Waals surface area (Å²) >= 11 is 0. The van der Waals surface area contributed by atoms with Crippen LogP contribution >= 0.6 is 0 Å². The van der Waals surface area contributed by atoms with E-state index < -0.39 is 0 Å². The van der Waals surface area contributed by atoms with Crippen LogP contribution in [0, 0.1) is 11.8 Å². The minimum atomic E-state index is 0.178. The lowest BCUT2D eigenvalue weighted by Crippen LogP contribution is -2.51. The molecule has 5 unspecified atom stereocenters. The SMILES string of the molecule is CC1CN(CC(=O)NC2CCCC(C)C2C)CC(C)O1. The summed E-state index contributed by atoms with van der Waals surface area (Å²) in [5, 5.41) is 3.25. The highest BCUT2D eigenvalue weighted by Crippen LogP contribution is 2.29. The van der Waals surface area contributed by atoms with Crippen LogP contribution < -0.4 is 5.32 Å². The molecule has 1 saturated carbocycles. The Kier molecular flexibility index (Phi) is 5.44. The first-order chi connectivity index (χ1) is 9.45. The van der Waals surface area contributed by atoms with Crippen LogP contribution in [0.3, 0.4) is 0 Å². The maximum absolute atomic E-state index is 12.3. The van der Waals surface area contributed by atoms with Crippen molar-refractivity contribution in [2.24, 2.45) is 11.8 Å². The van der Waals surface area contributed by atoms with Crippen molar-refractivity contribution in [3.8, 4) is 0 Å². The van der Waals surface area contributed by atoms with Crippen LogP contribution in [0.1, 0.15) is 47.0 Å². The van der Waals surface area contributed by atoms with Crippen LogP contribution in [0.2, 0.25) is 0 Å². The van der Waals surface area contributed by atoms with Crippen molar-refractivity contribution >= 4 is 5.91 Å². The van der Waals surface area contributed by atoms with Crippen LogP contribution in [-0.2, 0) is 9.53 Å². The Morgan fingerprint density at radius 1 is 1.15 bits per heavy atom. The number of carbonyl (C=O) groups is 1. The molecule has 1 heterocycles. The summed E-state index contributed by atoms with van der Waals surface area (Å²) in [5.41, 5.74) is 0. The van der Waals surface area contributed by atoms with Crippen molar-refractivity contribution in [3.63, 3.8) is 0 Å². The Morgan fingerprint density at radius 2 is 1.80 bits per heavy atom. The lowest BCUT2D eigenvalue weighted by Gasteiger charge is -2.37. The van der Waals surface area contributed by atoms with Gasteiger partial charge in [0.05, 0.1) is 18.8 Å². The number of morpholine rings is 1. The lowest BCUT2D eigenvalue weighted by molar-refractivity contribution is -0.127. The van der Waals surface area contributed by atoms with Crippen molar-refractivity contribution in [3.05, 3.63) is 0 Å². The molecule has 2 rings (SSSR count). The first kappa shape index (κ1) is 15.8. The van der Waals surface area contributed by atoms with Crippen LogP contribution in [0.4, 0.5) is 0 Å². The quantitative estimate of drug-likeness (QED) is 0.861. The summed E-state index contributed by atoms with van der Waals surface area (Å²) in [4.78, 5) is 14.5. The van der Waals surface area contributed by atoms with Crippen LogP contribution in [-0.4, -0.2) is 48.7 Å². The minimum Gasteiger partial charge on any atom is -0.373 e. The van der Waals surface area contributed by atoms with Crippen LogP contribution in [0.15, 0.2) is 0 Å². The molecule has 0 radical (unpaired) electrons. The van der Waals surface area contributed by atoms with Gasteiger partial charge in [0.2, 0.25) is 5.91 Å². The molecule has 0 spiro atoms. The van der Waals surface area contributed by atoms with Gasteiger partial charge in [-0.25, -0.2) is 0 Å². The second kappa shape index (κ2) is 6.90. The Hall–Kier alpha value is -0.610. The molecule has 1 N–H and O–H groups in total. The molecule has 1 aliphatic carbocycles. The number of hydrogen-bond acceptors (Lipinski definition) is 3. The van der Waals surface area contributed by atoms with Gasteiger partial charge in [-0.15, -0.1) is 0 Å². The highest BCUT2D eigenvalue weighted by atomic mass is 16.5. The van der Waals surface area contributed by atoms with E-state index in [1.165, 1.54) is 12.8 Å². The van der Waals surface area contributed by atoms with E-state index in [2.05, 4.69) is 37.9 Å². The highest BCUT2D eigenvalue weighted by Gasteiger charge is 2.29.